The third kappa shape index (κ3) is 2.43. The number of benzene rings is 1. The van der Waals surface area contributed by atoms with Crippen molar-refractivity contribution in [3.05, 3.63) is 35.4 Å². The van der Waals surface area contributed by atoms with E-state index in [-0.39, 0.29) is 6.54 Å². The Bertz CT molecular complexity index is 616. The Hall–Kier alpha value is -1.84. The molecule has 1 saturated heterocycles. The van der Waals surface area contributed by atoms with Crippen LogP contribution in [0.15, 0.2) is 24.3 Å². The van der Waals surface area contributed by atoms with Gasteiger partial charge in [0, 0.05) is 20.8 Å². The minimum atomic E-state index is -1.19. The molecule has 0 spiro atoms. The van der Waals surface area contributed by atoms with Crippen LogP contribution in [0, 0.1) is 0 Å². The Morgan fingerprint density at radius 1 is 1.17 bits per heavy atom. The Morgan fingerprint density at radius 2 is 1.75 bits per heavy atom. The van der Waals surface area contributed by atoms with Crippen molar-refractivity contribution in [2.45, 2.75) is 30.6 Å². The molecule has 2 heterocycles. The Morgan fingerprint density at radius 3 is 2.21 bits per heavy atom. The van der Waals surface area contributed by atoms with Gasteiger partial charge in [-0.1, -0.05) is 12.1 Å². The summed E-state index contributed by atoms with van der Waals surface area (Å²) in [6, 6.07) is 5.47. The number of aliphatic hydroxyl groups excluding tert-OH is 1. The van der Waals surface area contributed by atoms with Gasteiger partial charge in [0.25, 0.3) is 11.8 Å². The summed E-state index contributed by atoms with van der Waals surface area (Å²) >= 11 is 0. The fourth-order valence-corrected chi connectivity index (χ4v) is 3.33. The number of imide groups is 1. The summed E-state index contributed by atoms with van der Waals surface area (Å²) in [7, 11) is 2.79. The molecule has 0 saturated carbocycles. The van der Waals surface area contributed by atoms with Crippen LogP contribution < -0.4 is 5.73 Å². The Kier molecular flexibility index (Phi) is 4.66. The molecule has 0 aromatic heterocycles. The molecule has 130 valence electrons. The van der Waals surface area contributed by atoms with Crippen molar-refractivity contribution in [2.75, 3.05) is 20.8 Å². The first-order valence-electron chi connectivity index (χ1n) is 7.61. The van der Waals surface area contributed by atoms with Crippen molar-refractivity contribution in [1.29, 1.82) is 0 Å². The third-order valence-corrected chi connectivity index (χ3v) is 4.50. The maximum atomic E-state index is 12.7. The molecule has 1 fully saturated rings. The normalized spacial score (nSPS) is 33.0. The van der Waals surface area contributed by atoms with E-state index in [4.69, 9.17) is 19.9 Å². The van der Waals surface area contributed by atoms with Crippen LogP contribution in [0.25, 0.3) is 0 Å². The van der Waals surface area contributed by atoms with Crippen molar-refractivity contribution >= 4 is 11.8 Å². The summed E-state index contributed by atoms with van der Waals surface area (Å²) < 4.78 is 16.2. The van der Waals surface area contributed by atoms with Gasteiger partial charge in [0.05, 0.1) is 11.1 Å². The predicted octanol–water partition coefficient (Wildman–Crippen LogP) is -0.643. The van der Waals surface area contributed by atoms with Crippen molar-refractivity contribution in [1.82, 2.24) is 4.90 Å². The highest BCUT2D eigenvalue weighted by Gasteiger charge is 2.53. The Labute approximate surface area is 139 Å². The number of methoxy groups -OCH3 is 2. The van der Waals surface area contributed by atoms with Gasteiger partial charge in [-0.25, -0.2) is 0 Å². The van der Waals surface area contributed by atoms with Crippen LogP contribution in [0.4, 0.5) is 0 Å². The highest BCUT2D eigenvalue weighted by atomic mass is 16.7. The van der Waals surface area contributed by atoms with E-state index in [0.717, 1.165) is 4.90 Å². The van der Waals surface area contributed by atoms with Crippen LogP contribution in [0.1, 0.15) is 20.7 Å². The molecule has 1 aromatic carbocycles. The number of ether oxygens (including phenoxy) is 3. The number of amides is 2. The van der Waals surface area contributed by atoms with Gasteiger partial charge in [0.2, 0.25) is 0 Å². The summed E-state index contributed by atoms with van der Waals surface area (Å²) in [5.41, 5.74) is 6.23. The second kappa shape index (κ2) is 6.58. The average molecular weight is 336 g/mol. The van der Waals surface area contributed by atoms with Crippen LogP contribution in [0.5, 0.6) is 0 Å². The number of nitrogens with zero attached hydrogens (tertiary/aromatic N) is 1. The highest BCUT2D eigenvalue weighted by molar-refractivity contribution is 6.21. The molecule has 24 heavy (non-hydrogen) atoms. The highest BCUT2D eigenvalue weighted by Crippen LogP contribution is 2.32. The van der Waals surface area contributed by atoms with Crippen molar-refractivity contribution in [3.63, 3.8) is 0 Å². The van der Waals surface area contributed by atoms with Crippen molar-refractivity contribution < 1.29 is 28.9 Å². The molecule has 8 nitrogen and oxygen atoms in total. The topological polar surface area (TPSA) is 111 Å². The van der Waals surface area contributed by atoms with Crippen LogP contribution in [0.2, 0.25) is 0 Å². The van der Waals surface area contributed by atoms with Gasteiger partial charge in [-0.05, 0) is 12.1 Å². The molecule has 0 aliphatic carbocycles. The van der Waals surface area contributed by atoms with E-state index in [1.165, 1.54) is 14.2 Å². The smallest absolute Gasteiger partial charge is 0.262 e. The summed E-state index contributed by atoms with van der Waals surface area (Å²) in [4.78, 5) is 26.3. The Balaban J connectivity index is 1.98. The number of fused-ring (bicyclic) bond motifs is 1. The van der Waals surface area contributed by atoms with E-state index in [2.05, 4.69) is 0 Å². The minimum absolute atomic E-state index is 0.101. The molecule has 5 atom stereocenters. The second-order valence-corrected chi connectivity index (χ2v) is 5.72. The predicted molar refractivity (Wildman–Crippen MR) is 82.3 cm³/mol. The number of hydrogen-bond donors (Lipinski definition) is 2. The molecule has 8 heteroatoms. The van der Waals surface area contributed by atoms with Crippen molar-refractivity contribution in [3.8, 4) is 0 Å². The largest absolute Gasteiger partial charge is 0.388 e. The van der Waals surface area contributed by atoms with E-state index in [9.17, 15) is 14.7 Å². The molecule has 2 amide bonds. The van der Waals surface area contributed by atoms with Crippen LogP contribution in [-0.2, 0) is 14.2 Å². The fourth-order valence-electron chi connectivity index (χ4n) is 3.33. The van der Waals surface area contributed by atoms with Gasteiger partial charge in [0.1, 0.15) is 24.4 Å². The minimum Gasteiger partial charge on any atom is -0.388 e. The first kappa shape index (κ1) is 17.0. The summed E-state index contributed by atoms with van der Waals surface area (Å²) in [6.45, 7) is 0.101. The van der Waals surface area contributed by atoms with Crippen LogP contribution in [-0.4, -0.2) is 73.2 Å². The molecule has 2 aliphatic rings. The van der Waals surface area contributed by atoms with Gasteiger partial charge >= 0.3 is 0 Å². The van der Waals surface area contributed by atoms with Crippen molar-refractivity contribution in [2.24, 2.45) is 5.73 Å². The molecule has 3 N–H and O–H groups in total. The summed E-state index contributed by atoms with van der Waals surface area (Å²) in [6.07, 6.45) is -3.58. The standard InChI is InChI=1S/C16H20N2O6/c1-22-13-10(7-17)24-16(23-2)11(12(13)19)18-14(20)8-5-3-4-6-9(8)15(18)21/h3-6,10-13,16,19H,7,17H2,1-2H3/t10?,11-,12+,13+,16?/m0/s1. The van der Waals surface area contributed by atoms with Gasteiger partial charge in [-0.2, -0.15) is 0 Å². The monoisotopic (exact) mass is 336 g/mol. The molecule has 0 bridgehead atoms. The SMILES string of the molecule is COC1OC(CN)[C@@H](OC)[C@H](O)[C@@H]1N1C(=O)c2ccccc2C1=O. The number of nitrogens with two attached hydrogens (primary N) is 1. The van der Waals surface area contributed by atoms with E-state index in [1.807, 2.05) is 0 Å². The number of aliphatic hydroxyl groups is 1. The molecular weight excluding hydrogens is 316 g/mol. The number of rotatable bonds is 4. The second-order valence-electron chi connectivity index (χ2n) is 5.72. The zero-order valence-electron chi connectivity index (χ0n) is 13.4. The lowest BCUT2D eigenvalue weighted by Gasteiger charge is -2.45. The van der Waals surface area contributed by atoms with E-state index >= 15 is 0 Å². The zero-order chi connectivity index (χ0) is 17.4. The maximum absolute atomic E-state index is 12.7. The number of hydrogen-bond acceptors (Lipinski definition) is 7. The number of carbonyl (C=O) groups excluding carboxylic acids is 2. The summed E-state index contributed by atoms with van der Waals surface area (Å²) in [5.74, 6) is -0.988. The molecule has 1 aromatic rings. The molecular formula is C16H20N2O6. The molecule has 0 radical (unpaired) electrons. The third-order valence-electron chi connectivity index (χ3n) is 4.50. The lowest BCUT2D eigenvalue weighted by atomic mass is 9.95. The lowest BCUT2D eigenvalue weighted by molar-refractivity contribution is -0.268. The van der Waals surface area contributed by atoms with E-state index in [1.54, 1.807) is 24.3 Å². The zero-order valence-corrected chi connectivity index (χ0v) is 13.4. The maximum Gasteiger partial charge on any atom is 0.262 e. The van der Waals surface area contributed by atoms with Crippen LogP contribution >= 0.6 is 0 Å². The molecule has 2 unspecified atom stereocenters. The first-order chi connectivity index (χ1) is 11.5. The molecule has 3 rings (SSSR count). The molecule has 2 aliphatic heterocycles. The van der Waals surface area contributed by atoms with Gasteiger partial charge in [0.15, 0.2) is 6.29 Å². The van der Waals surface area contributed by atoms with Gasteiger partial charge < -0.3 is 25.1 Å². The van der Waals surface area contributed by atoms with Crippen LogP contribution in [0.3, 0.4) is 0 Å². The van der Waals surface area contributed by atoms with E-state index < -0.39 is 42.5 Å². The van der Waals surface area contributed by atoms with E-state index in [0.29, 0.717) is 11.1 Å². The van der Waals surface area contributed by atoms with Gasteiger partial charge in [-0.3, -0.25) is 14.5 Å². The fraction of sp³-hybridized carbons (Fsp3) is 0.500. The summed E-state index contributed by atoms with van der Waals surface area (Å²) in [5, 5.41) is 10.7. The first-order valence-corrected chi connectivity index (χ1v) is 7.61. The average Bonchev–Trinajstić information content (AvgIpc) is 2.85. The number of carbonyl (C=O) groups is 2. The quantitative estimate of drug-likeness (QED) is 0.703. The lowest BCUT2D eigenvalue weighted by Crippen LogP contribution is -2.66. The van der Waals surface area contributed by atoms with Gasteiger partial charge in [-0.15, -0.1) is 0 Å².